The number of aromatic nitrogens is 1. The second kappa shape index (κ2) is 9.44. The zero-order chi connectivity index (χ0) is 21.8. The average Bonchev–Trinajstić information content (AvgIpc) is 3.00. The number of halogens is 1. The first kappa shape index (κ1) is 22.9. The van der Waals surface area contributed by atoms with Gasteiger partial charge in [-0.25, -0.2) is 9.79 Å². The van der Waals surface area contributed by atoms with Crippen LogP contribution in [0.5, 0.6) is 0 Å². The molecule has 2 unspecified atom stereocenters. The molecule has 1 heterocycles. The maximum atomic E-state index is 12.2. The van der Waals surface area contributed by atoms with Gasteiger partial charge in [0.15, 0.2) is 16.3 Å². The van der Waals surface area contributed by atoms with Gasteiger partial charge in [-0.2, -0.15) is 0 Å². The molecule has 1 N–H and O–H groups in total. The van der Waals surface area contributed by atoms with Gasteiger partial charge < -0.3 is 14.4 Å². The zero-order valence-corrected chi connectivity index (χ0v) is 18.2. The van der Waals surface area contributed by atoms with Gasteiger partial charge >= 0.3 is 5.97 Å². The number of pyridine rings is 1. The van der Waals surface area contributed by atoms with Gasteiger partial charge in [0.1, 0.15) is 5.56 Å². The Balaban J connectivity index is 2.54. The molecule has 0 radical (unpaired) electrons. The summed E-state index contributed by atoms with van der Waals surface area (Å²) in [7, 11) is 0. The number of carbonyl (C=O) groups is 1. The fraction of sp³-hybridized carbons (Fsp3) is 0.500. The van der Waals surface area contributed by atoms with E-state index in [0.717, 1.165) is 18.4 Å². The number of ether oxygens (including phenoxy) is 1. The fourth-order valence-electron chi connectivity index (χ4n) is 4.20. The Labute approximate surface area is 176 Å². The van der Waals surface area contributed by atoms with Crippen molar-refractivity contribution < 1.29 is 14.6 Å². The zero-order valence-electron chi connectivity index (χ0n) is 17.4. The molecule has 1 aliphatic carbocycles. The summed E-state index contributed by atoms with van der Waals surface area (Å²) in [6, 6.07) is 1.40. The number of aliphatic hydroxyl groups is 1. The minimum Gasteiger partial charge on any atom is -0.505 e. The highest BCUT2D eigenvalue weighted by Gasteiger charge is 2.44. The molecular weight excluding hydrogens is 392 g/mol. The largest absolute Gasteiger partial charge is 0.505 e. The molecule has 6 nitrogen and oxygen atoms in total. The molecule has 7 heteroatoms. The van der Waals surface area contributed by atoms with Crippen LogP contribution < -0.4 is 5.43 Å². The van der Waals surface area contributed by atoms with E-state index < -0.39 is 5.97 Å². The normalized spacial score (nSPS) is 22.2. The van der Waals surface area contributed by atoms with Crippen LogP contribution >= 0.6 is 11.6 Å². The first-order valence-electron chi connectivity index (χ1n) is 9.81. The predicted octanol–water partition coefficient (Wildman–Crippen LogP) is 5.01. The first-order valence-corrected chi connectivity index (χ1v) is 10.2. The maximum absolute atomic E-state index is 12.2. The van der Waals surface area contributed by atoms with Gasteiger partial charge in [0.05, 0.1) is 6.61 Å². The summed E-state index contributed by atoms with van der Waals surface area (Å²) in [4.78, 5) is 28.0. The number of aliphatic hydroxyl groups excluding tert-OH is 1. The lowest BCUT2D eigenvalue weighted by Gasteiger charge is -2.34. The summed E-state index contributed by atoms with van der Waals surface area (Å²) in [6.45, 7) is 11.6. The Hall–Kier alpha value is -2.34. The standard InChI is InChI=1S/C22H29ClN2O4/c1-6-14(12-18(27)20(23)24-5)15-8-10-22(3,4)19(15)25-11-9-17(26)16(13-25)21(28)29-7-2/h9,11-13,15,19,27H,5-8,10H2,1-4H3/b14-12+,20-18+. The summed E-state index contributed by atoms with van der Waals surface area (Å²) in [5, 5.41) is 10.2. The first-order chi connectivity index (χ1) is 13.7. The summed E-state index contributed by atoms with van der Waals surface area (Å²) in [6.07, 6.45) is 7.55. The van der Waals surface area contributed by atoms with Gasteiger partial charge in [-0.1, -0.05) is 37.9 Å². The van der Waals surface area contributed by atoms with Crippen molar-refractivity contribution in [2.75, 3.05) is 6.61 Å². The van der Waals surface area contributed by atoms with Crippen LogP contribution in [0.25, 0.3) is 0 Å². The number of allylic oxidation sites excluding steroid dienone is 2. The third-order valence-corrected chi connectivity index (χ3v) is 5.91. The second-order valence-corrected chi connectivity index (χ2v) is 8.23. The molecule has 158 valence electrons. The molecule has 1 saturated carbocycles. The van der Waals surface area contributed by atoms with E-state index in [0.29, 0.717) is 6.42 Å². The van der Waals surface area contributed by atoms with E-state index in [2.05, 4.69) is 25.6 Å². The molecule has 0 aliphatic heterocycles. The van der Waals surface area contributed by atoms with Crippen molar-refractivity contribution in [3.8, 4) is 0 Å². The minimum atomic E-state index is -0.616. The molecular formula is C22H29ClN2O4. The number of hydrogen-bond donors (Lipinski definition) is 1. The molecule has 0 amide bonds. The van der Waals surface area contributed by atoms with Crippen LogP contribution in [0.1, 0.15) is 63.4 Å². The summed E-state index contributed by atoms with van der Waals surface area (Å²) >= 11 is 5.90. The molecule has 0 bridgehead atoms. The maximum Gasteiger partial charge on any atom is 0.343 e. The van der Waals surface area contributed by atoms with Gasteiger partial charge in [-0.3, -0.25) is 4.79 Å². The Morgan fingerprint density at radius 3 is 2.76 bits per heavy atom. The molecule has 0 aromatic carbocycles. The summed E-state index contributed by atoms with van der Waals surface area (Å²) in [5.74, 6) is -0.632. The SMILES string of the molecule is C=N/C(Cl)=C(O)\C=C(/CC)C1CCC(C)(C)C1n1ccc(=O)c(C(=O)OCC)c1. The highest BCUT2D eigenvalue weighted by Crippen LogP contribution is 2.52. The third kappa shape index (κ3) is 4.99. The van der Waals surface area contributed by atoms with Crippen molar-refractivity contribution in [2.45, 2.75) is 53.0 Å². The number of esters is 1. The van der Waals surface area contributed by atoms with Crippen LogP contribution in [0.2, 0.25) is 0 Å². The van der Waals surface area contributed by atoms with E-state index in [4.69, 9.17) is 16.3 Å². The van der Waals surface area contributed by atoms with E-state index in [1.807, 2.05) is 11.5 Å². The number of nitrogens with zero attached hydrogens (tertiary/aromatic N) is 2. The monoisotopic (exact) mass is 420 g/mol. The van der Waals surface area contributed by atoms with E-state index >= 15 is 0 Å². The van der Waals surface area contributed by atoms with Crippen molar-refractivity contribution in [1.82, 2.24) is 4.57 Å². The Kier molecular flexibility index (Phi) is 7.47. The van der Waals surface area contributed by atoms with Crippen LogP contribution in [0.15, 0.2) is 50.8 Å². The van der Waals surface area contributed by atoms with Gasteiger partial charge in [-0.05, 0) is 44.4 Å². The molecule has 2 atom stereocenters. The van der Waals surface area contributed by atoms with E-state index in [1.165, 1.54) is 6.07 Å². The van der Waals surface area contributed by atoms with Gasteiger partial charge in [-0.15, -0.1) is 0 Å². The number of carbonyl (C=O) groups excluding carboxylic acids is 1. The quantitative estimate of drug-likeness (QED) is 0.221. The topological polar surface area (TPSA) is 80.9 Å². The molecule has 1 fully saturated rings. The average molecular weight is 421 g/mol. The van der Waals surface area contributed by atoms with Gasteiger partial charge in [0.25, 0.3) is 0 Å². The molecule has 1 aliphatic rings. The predicted molar refractivity (Wildman–Crippen MR) is 116 cm³/mol. The van der Waals surface area contributed by atoms with Gasteiger partial charge in [0, 0.05) is 30.4 Å². The molecule has 1 aromatic heterocycles. The van der Waals surface area contributed by atoms with Crippen LogP contribution in [-0.2, 0) is 4.74 Å². The van der Waals surface area contributed by atoms with Crippen molar-refractivity contribution in [3.05, 3.63) is 56.8 Å². The highest BCUT2D eigenvalue weighted by atomic mass is 35.5. The molecule has 0 spiro atoms. The van der Waals surface area contributed by atoms with Crippen molar-refractivity contribution >= 4 is 24.3 Å². The van der Waals surface area contributed by atoms with E-state index in [1.54, 1.807) is 25.4 Å². The fourth-order valence-corrected chi connectivity index (χ4v) is 4.25. The lowest BCUT2D eigenvalue weighted by molar-refractivity contribution is 0.0523. The smallest absolute Gasteiger partial charge is 0.343 e. The number of rotatable bonds is 7. The minimum absolute atomic E-state index is 0.00857. The van der Waals surface area contributed by atoms with Crippen LogP contribution in [0, 0.1) is 11.3 Å². The molecule has 1 aromatic rings. The van der Waals surface area contributed by atoms with Crippen molar-refractivity contribution in [3.63, 3.8) is 0 Å². The Morgan fingerprint density at radius 1 is 1.48 bits per heavy atom. The third-order valence-electron chi connectivity index (χ3n) is 5.60. The number of hydrogen-bond acceptors (Lipinski definition) is 5. The van der Waals surface area contributed by atoms with E-state index in [-0.39, 0.29) is 45.9 Å². The van der Waals surface area contributed by atoms with Crippen LogP contribution in [0.4, 0.5) is 0 Å². The second-order valence-electron chi connectivity index (χ2n) is 7.88. The molecule has 0 saturated heterocycles. The molecule has 2 rings (SSSR count). The van der Waals surface area contributed by atoms with Crippen molar-refractivity contribution in [1.29, 1.82) is 0 Å². The van der Waals surface area contributed by atoms with E-state index in [9.17, 15) is 14.7 Å². The lowest BCUT2D eigenvalue weighted by atomic mass is 9.81. The van der Waals surface area contributed by atoms with Crippen LogP contribution in [0.3, 0.4) is 0 Å². The van der Waals surface area contributed by atoms with Crippen LogP contribution in [-0.4, -0.2) is 29.0 Å². The summed E-state index contributed by atoms with van der Waals surface area (Å²) < 4.78 is 6.96. The van der Waals surface area contributed by atoms with Crippen molar-refractivity contribution in [2.24, 2.45) is 16.3 Å². The van der Waals surface area contributed by atoms with Gasteiger partial charge in [0.2, 0.25) is 0 Å². The Morgan fingerprint density at radius 2 is 2.17 bits per heavy atom. The highest BCUT2D eigenvalue weighted by molar-refractivity contribution is 6.30. The Bertz CT molecular complexity index is 898. The summed E-state index contributed by atoms with van der Waals surface area (Å²) in [5.41, 5.74) is 0.609. The number of aliphatic imine (C=N–C) groups is 1. The molecule has 29 heavy (non-hydrogen) atoms. The lowest BCUT2D eigenvalue weighted by Crippen LogP contribution is -2.29.